The first-order valence-corrected chi connectivity index (χ1v) is 15.7. The molecule has 202 valence electrons. The summed E-state index contributed by atoms with van der Waals surface area (Å²) < 4.78 is 13.0. The molecule has 2 heterocycles. The van der Waals surface area contributed by atoms with E-state index >= 15 is 0 Å². The molecule has 7 heteroatoms. The number of unbranched alkanes of at least 4 members (excludes halogenated alkanes) is 3. The third-order valence-corrected chi connectivity index (χ3v) is 10.3. The van der Waals surface area contributed by atoms with Crippen LogP contribution in [0.1, 0.15) is 91.4 Å². The molecule has 0 radical (unpaired) electrons. The summed E-state index contributed by atoms with van der Waals surface area (Å²) >= 11 is 0.218. The second-order valence-electron chi connectivity index (χ2n) is 10.5. The van der Waals surface area contributed by atoms with Gasteiger partial charge in [0.2, 0.25) is 0 Å². The topological polar surface area (TPSA) is 76.1 Å². The maximum atomic E-state index is 12.8. The first-order chi connectivity index (χ1) is 17.3. The van der Waals surface area contributed by atoms with Gasteiger partial charge in [-0.05, 0) is 0 Å². The van der Waals surface area contributed by atoms with E-state index in [9.17, 15) is 14.7 Å². The summed E-state index contributed by atoms with van der Waals surface area (Å²) in [5.74, 6) is 0.0175. The normalized spacial score (nSPS) is 23.9. The molecule has 0 saturated carbocycles. The standard InChI is InChI=1S/C29H45NO5Se/c1-4-6-7-11-17-29(3,33)18-19-30-23-20-25(35-24(23)21-27(30)31)26(15-12-16-28(32)34-5-2)36-22-13-9-8-10-14-22/h8-10,13-14,23-26,33H,4-7,11-12,15-21H2,1-3H3. The number of carbonyl (C=O) groups excluding carboxylic acids is 2. The van der Waals surface area contributed by atoms with Crippen LogP contribution in [0.25, 0.3) is 0 Å². The fourth-order valence-corrected chi connectivity index (χ4v) is 8.05. The molecule has 36 heavy (non-hydrogen) atoms. The molecular formula is C29H45NO5Se. The van der Waals surface area contributed by atoms with Crippen LogP contribution < -0.4 is 4.46 Å². The molecule has 2 fully saturated rings. The average molecular weight is 567 g/mol. The molecule has 1 aromatic rings. The molecule has 5 atom stereocenters. The zero-order chi connectivity index (χ0) is 26.0. The number of amides is 1. The number of fused-ring (bicyclic) bond motifs is 1. The van der Waals surface area contributed by atoms with Crippen LogP contribution in [0.4, 0.5) is 0 Å². The fraction of sp³-hybridized carbons (Fsp3) is 0.724. The van der Waals surface area contributed by atoms with E-state index in [-0.39, 0.29) is 45.1 Å². The Labute approximate surface area is 223 Å². The number of rotatable bonds is 16. The van der Waals surface area contributed by atoms with Crippen LogP contribution in [0.2, 0.25) is 4.82 Å². The summed E-state index contributed by atoms with van der Waals surface area (Å²) in [6.07, 6.45) is 9.41. The van der Waals surface area contributed by atoms with Gasteiger partial charge >= 0.3 is 211 Å². The fourth-order valence-electron chi connectivity index (χ4n) is 5.37. The van der Waals surface area contributed by atoms with Crippen LogP contribution in [0, 0.1) is 0 Å². The first-order valence-electron chi connectivity index (χ1n) is 13.9. The molecule has 0 aliphatic carbocycles. The number of hydrogen-bond donors (Lipinski definition) is 1. The van der Waals surface area contributed by atoms with Crippen molar-refractivity contribution >= 4 is 31.3 Å². The predicted octanol–water partition coefficient (Wildman–Crippen LogP) is 4.41. The zero-order valence-electron chi connectivity index (χ0n) is 22.3. The Bertz CT molecular complexity index is 817. The summed E-state index contributed by atoms with van der Waals surface area (Å²) in [6.45, 7) is 6.95. The minimum atomic E-state index is -0.739. The van der Waals surface area contributed by atoms with Crippen molar-refractivity contribution in [2.45, 2.75) is 120 Å². The molecule has 2 aliphatic heterocycles. The van der Waals surface area contributed by atoms with Crippen LogP contribution >= 0.6 is 0 Å². The number of aliphatic hydroxyl groups is 1. The third kappa shape index (κ3) is 8.86. The number of likely N-dealkylation sites (tertiary alicyclic amines) is 1. The molecule has 1 aromatic carbocycles. The Morgan fingerprint density at radius 2 is 1.97 bits per heavy atom. The monoisotopic (exact) mass is 567 g/mol. The summed E-state index contributed by atoms with van der Waals surface area (Å²) in [5.41, 5.74) is -0.739. The second-order valence-corrected chi connectivity index (χ2v) is 13.3. The van der Waals surface area contributed by atoms with E-state index in [1.807, 2.05) is 24.8 Å². The van der Waals surface area contributed by atoms with E-state index in [4.69, 9.17) is 9.47 Å². The van der Waals surface area contributed by atoms with Crippen LogP contribution in [0.15, 0.2) is 30.3 Å². The van der Waals surface area contributed by atoms with Crippen molar-refractivity contribution in [3.8, 4) is 0 Å². The zero-order valence-corrected chi connectivity index (χ0v) is 24.0. The number of benzene rings is 1. The summed E-state index contributed by atoms with van der Waals surface area (Å²) in [4.78, 5) is 27.0. The van der Waals surface area contributed by atoms with Gasteiger partial charge in [0.15, 0.2) is 0 Å². The summed E-state index contributed by atoms with van der Waals surface area (Å²) in [6, 6.07) is 10.6. The molecule has 2 saturated heterocycles. The van der Waals surface area contributed by atoms with Gasteiger partial charge in [0.1, 0.15) is 0 Å². The molecule has 2 aliphatic rings. The van der Waals surface area contributed by atoms with Crippen molar-refractivity contribution in [3.05, 3.63) is 30.3 Å². The Hall–Kier alpha value is -1.40. The number of carbonyl (C=O) groups is 2. The Morgan fingerprint density at radius 1 is 1.19 bits per heavy atom. The quantitative estimate of drug-likeness (QED) is 0.182. The molecule has 6 nitrogen and oxygen atoms in total. The van der Waals surface area contributed by atoms with Gasteiger partial charge in [0.25, 0.3) is 0 Å². The second kappa shape index (κ2) is 14.5. The van der Waals surface area contributed by atoms with Crippen molar-refractivity contribution in [2.24, 2.45) is 0 Å². The van der Waals surface area contributed by atoms with E-state index in [1.165, 1.54) is 17.3 Å². The Morgan fingerprint density at radius 3 is 2.69 bits per heavy atom. The average Bonchev–Trinajstić information content (AvgIpc) is 3.38. The molecule has 0 bridgehead atoms. The number of ether oxygens (including phenoxy) is 2. The molecule has 3 rings (SSSR count). The van der Waals surface area contributed by atoms with Gasteiger partial charge in [-0.2, -0.15) is 0 Å². The van der Waals surface area contributed by atoms with Gasteiger partial charge < -0.3 is 0 Å². The first kappa shape index (κ1) is 29.2. The van der Waals surface area contributed by atoms with E-state index in [1.54, 1.807) is 0 Å². The number of esters is 1. The number of hydrogen-bond acceptors (Lipinski definition) is 5. The summed E-state index contributed by atoms with van der Waals surface area (Å²) in [5, 5.41) is 10.9. The molecule has 1 amide bonds. The molecule has 1 N–H and O–H groups in total. The predicted molar refractivity (Wildman–Crippen MR) is 143 cm³/mol. The Balaban J connectivity index is 1.58. The van der Waals surface area contributed by atoms with Gasteiger partial charge in [-0.1, -0.05) is 13.3 Å². The number of nitrogens with zero attached hydrogens (tertiary/aromatic N) is 1. The molecule has 0 aromatic heterocycles. The van der Waals surface area contributed by atoms with Crippen LogP contribution in [0.3, 0.4) is 0 Å². The van der Waals surface area contributed by atoms with Crippen LogP contribution in [-0.4, -0.2) is 73.8 Å². The van der Waals surface area contributed by atoms with E-state index in [0.29, 0.717) is 37.2 Å². The van der Waals surface area contributed by atoms with Crippen molar-refractivity contribution in [1.82, 2.24) is 4.90 Å². The Kier molecular flexibility index (Phi) is 11.8. The molecular weight excluding hydrogens is 521 g/mol. The van der Waals surface area contributed by atoms with E-state index in [0.717, 1.165) is 38.5 Å². The van der Waals surface area contributed by atoms with Gasteiger partial charge in [0, 0.05) is 0 Å². The molecule has 0 spiro atoms. The molecule has 5 unspecified atom stereocenters. The van der Waals surface area contributed by atoms with Crippen molar-refractivity contribution < 1.29 is 24.2 Å². The van der Waals surface area contributed by atoms with Crippen molar-refractivity contribution in [1.29, 1.82) is 0 Å². The van der Waals surface area contributed by atoms with Gasteiger partial charge in [-0.3, -0.25) is 0 Å². The summed E-state index contributed by atoms with van der Waals surface area (Å²) in [7, 11) is 0. The van der Waals surface area contributed by atoms with Crippen LogP contribution in [-0.2, 0) is 19.1 Å². The van der Waals surface area contributed by atoms with Crippen LogP contribution in [0.5, 0.6) is 0 Å². The van der Waals surface area contributed by atoms with E-state index < -0.39 is 5.60 Å². The minimum absolute atomic E-state index is 0.0591. The van der Waals surface area contributed by atoms with Gasteiger partial charge in [-0.15, -0.1) is 0 Å². The van der Waals surface area contributed by atoms with E-state index in [2.05, 4.69) is 31.2 Å². The SMILES string of the molecule is CCCCCCC(C)(O)CCN1C(=O)CC2OC(C(CCCC(=O)OCC)[Se]c3ccccc3)CC21. The third-order valence-electron chi connectivity index (χ3n) is 7.43. The van der Waals surface area contributed by atoms with Gasteiger partial charge in [-0.25, -0.2) is 0 Å². The van der Waals surface area contributed by atoms with Crippen molar-refractivity contribution in [3.63, 3.8) is 0 Å². The van der Waals surface area contributed by atoms with Gasteiger partial charge in [0.05, 0.1) is 0 Å². The van der Waals surface area contributed by atoms with Crippen molar-refractivity contribution in [2.75, 3.05) is 13.2 Å². The maximum absolute atomic E-state index is 12.8.